The molecule has 30 heavy (non-hydrogen) atoms. The van der Waals surface area contributed by atoms with Crippen molar-refractivity contribution in [2.24, 2.45) is 0 Å². The van der Waals surface area contributed by atoms with Crippen LogP contribution in [0.25, 0.3) is 0 Å². The van der Waals surface area contributed by atoms with Crippen LogP contribution in [0, 0.1) is 6.92 Å². The first kappa shape index (κ1) is 19.7. The number of ether oxygens (including phenoxy) is 2. The minimum absolute atomic E-state index is 0.00408. The molecule has 1 amide bonds. The van der Waals surface area contributed by atoms with Crippen LogP contribution in [-0.4, -0.2) is 53.8 Å². The van der Waals surface area contributed by atoms with Crippen molar-refractivity contribution < 1.29 is 14.3 Å². The maximum atomic E-state index is 12.5. The predicted molar refractivity (Wildman–Crippen MR) is 114 cm³/mol. The van der Waals surface area contributed by atoms with Gasteiger partial charge in [0.2, 0.25) is 5.88 Å². The highest BCUT2D eigenvalue weighted by Crippen LogP contribution is 2.21. The Morgan fingerprint density at radius 2 is 1.63 bits per heavy atom. The Morgan fingerprint density at radius 1 is 0.900 bits per heavy atom. The van der Waals surface area contributed by atoms with E-state index in [9.17, 15) is 4.79 Å². The summed E-state index contributed by atoms with van der Waals surface area (Å²) >= 11 is 0. The molecule has 0 N–H and O–H groups in total. The summed E-state index contributed by atoms with van der Waals surface area (Å²) in [6.07, 6.45) is 0. The number of amides is 1. The van der Waals surface area contributed by atoms with Gasteiger partial charge >= 0.3 is 0 Å². The van der Waals surface area contributed by atoms with E-state index in [0.29, 0.717) is 32.1 Å². The van der Waals surface area contributed by atoms with Gasteiger partial charge in [0.05, 0.1) is 0 Å². The van der Waals surface area contributed by atoms with Crippen LogP contribution in [0.1, 0.15) is 5.56 Å². The largest absolute Gasteiger partial charge is 0.484 e. The molecule has 0 bridgehead atoms. The third-order valence-corrected chi connectivity index (χ3v) is 4.99. The highest BCUT2D eigenvalue weighted by molar-refractivity contribution is 5.78. The summed E-state index contributed by atoms with van der Waals surface area (Å²) in [7, 11) is 0. The summed E-state index contributed by atoms with van der Waals surface area (Å²) in [5, 5.41) is 8.44. The minimum atomic E-state index is -0.00408. The lowest BCUT2D eigenvalue weighted by molar-refractivity contribution is -0.133. The first-order chi connectivity index (χ1) is 14.7. The molecule has 3 aromatic rings. The molecule has 0 aliphatic carbocycles. The number of aromatic nitrogens is 2. The van der Waals surface area contributed by atoms with Crippen LogP contribution in [0.2, 0.25) is 0 Å². The first-order valence-electron chi connectivity index (χ1n) is 9.97. The van der Waals surface area contributed by atoms with Crippen LogP contribution in [0.15, 0.2) is 66.7 Å². The molecule has 0 unspecified atom stereocenters. The maximum Gasteiger partial charge on any atom is 0.260 e. The van der Waals surface area contributed by atoms with Gasteiger partial charge in [0.25, 0.3) is 5.91 Å². The molecule has 7 nitrogen and oxygen atoms in total. The van der Waals surface area contributed by atoms with Crippen LogP contribution in [0.3, 0.4) is 0 Å². The number of rotatable bonds is 6. The number of carbonyl (C=O) groups is 1. The Bertz CT molecular complexity index is 971. The van der Waals surface area contributed by atoms with Crippen molar-refractivity contribution in [2.75, 3.05) is 37.7 Å². The van der Waals surface area contributed by atoms with Gasteiger partial charge < -0.3 is 19.3 Å². The first-order valence-corrected chi connectivity index (χ1v) is 9.97. The normalized spacial score (nSPS) is 13.8. The topological polar surface area (TPSA) is 67.8 Å². The second-order valence-electron chi connectivity index (χ2n) is 7.07. The SMILES string of the molecule is Cc1ccccc1OCC(=O)N1CCN(c2ccc(Oc3ccccc3)nn2)CC1. The standard InChI is InChI=1S/C23H24N4O3/c1-18-7-5-6-10-20(18)29-17-23(28)27-15-13-26(14-16-27)21-11-12-22(25-24-21)30-19-8-3-2-4-9-19/h2-12H,13-17H2,1H3. The molecule has 0 saturated carbocycles. The molecule has 1 aliphatic heterocycles. The Hall–Kier alpha value is -3.61. The van der Waals surface area contributed by atoms with E-state index in [2.05, 4.69) is 15.1 Å². The molecule has 2 heterocycles. The Balaban J connectivity index is 1.27. The fraction of sp³-hybridized carbons (Fsp3) is 0.261. The van der Waals surface area contributed by atoms with E-state index < -0.39 is 0 Å². The van der Waals surface area contributed by atoms with Crippen molar-refractivity contribution in [3.05, 3.63) is 72.3 Å². The van der Waals surface area contributed by atoms with E-state index in [0.717, 1.165) is 22.9 Å². The van der Waals surface area contributed by atoms with Gasteiger partial charge in [-0.3, -0.25) is 4.79 Å². The van der Waals surface area contributed by atoms with E-state index in [4.69, 9.17) is 9.47 Å². The zero-order chi connectivity index (χ0) is 20.8. The summed E-state index contributed by atoms with van der Waals surface area (Å²) < 4.78 is 11.4. The molecule has 0 radical (unpaired) electrons. The number of carbonyl (C=O) groups excluding carboxylic acids is 1. The molecule has 0 atom stereocenters. The highest BCUT2D eigenvalue weighted by Gasteiger charge is 2.22. The molecule has 7 heteroatoms. The molecular formula is C23H24N4O3. The number of hydrogen-bond acceptors (Lipinski definition) is 6. The van der Waals surface area contributed by atoms with Crippen LogP contribution in [0.5, 0.6) is 17.4 Å². The average Bonchev–Trinajstić information content (AvgIpc) is 2.80. The summed E-state index contributed by atoms with van der Waals surface area (Å²) in [5.41, 5.74) is 1.02. The molecule has 0 spiro atoms. The number of aryl methyl sites for hydroxylation is 1. The Morgan fingerprint density at radius 3 is 2.33 bits per heavy atom. The fourth-order valence-corrected chi connectivity index (χ4v) is 3.28. The fourth-order valence-electron chi connectivity index (χ4n) is 3.28. The minimum Gasteiger partial charge on any atom is -0.484 e. The molecule has 154 valence electrons. The Labute approximate surface area is 175 Å². The smallest absolute Gasteiger partial charge is 0.260 e. The van der Waals surface area contributed by atoms with Crippen LogP contribution in [-0.2, 0) is 4.79 Å². The van der Waals surface area contributed by atoms with E-state index >= 15 is 0 Å². The third kappa shape index (κ3) is 4.86. The summed E-state index contributed by atoms with van der Waals surface area (Å²) in [6, 6.07) is 20.9. The maximum absolute atomic E-state index is 12.5. The van der Waals surface area contributed by atoms with Crippen molar-refractivity contribution in [3.63, 3.8) is 0 Å². The molecule has 1 aliphatic rings. The highest BCUT2D eigenvalue weighted by atomic mass is 16.5. The van der Waals surface area contributed by atoms with Crippen molar-refractivity contribution in [1.82, 2.24) is 15.1 Å². The summed E-state index contributed by atoms with van der Waals surface area (Å²) in [5.74, 6) is 2.69. The molecule has 1 saturated heterocycles. The predicted octanol–water partition coefficient (Wildman–Crippen LogP) is 3.30. The lowest BCUT2D eigenvalue weighted by Gasteiger charge is -2.35. The molecule has 1 fully saturated rings. The number of benzene rings is 2. The lowest BCUT2D eigenvalue weighted by atomic mass is 10.2. The van der Waals surface area contributed by atoms with Crippen LogP contribution in [0.4, 0.5) is 5.82 Å². The van der Waals surface area contributed by atoms with Gasteiger partial charge in [-0.2, -0.15) is 0 Å². The number of para-hydroxylation sites is 2. The molecule has 4 rings (SSSR count). The third-order valence-electron chi connectivity index (χ3n) is 4.99. The van der Waals surface area contributed by atoms with Gasteiger partial charge in [-0.1, -0.05) is 36.4 Å². The number of anilines is 1. The van der Waals surface area contributed by atoms with E-state index in [1.807, 2.05) is 78.6 Å². The monoisotopic (exact) mass is 404 g/mol. The van der Waals surface area contributed by atoms with Crippen LogP contribution < -0.4 is 14.4 Å². The second kappa shape index (κ2) is 9.26. The van der Waals surface area contributed by atoms with Gasteiger partial charge in [-0.15, -0.1) is 10.2 Å². The molecule has 2 aromatic carbocycles. The van der Waals surface area contributed by atoms with Crippen molar-refractivity contribution in [3.8, 4) is 17.4 Å². The van der Waals surface area contributed by atoms with E-state index in [1.165, 1.54) is 0 Å². The van der Waals surface area contributed by atoms with E-state index in [-0.39, 0.29) is 12.5 Å². The Kier molecular flexibility index (Phi) is 6.08. The van der Waals surface area contributed by atoms with Crippen molar-refractivity contribution in [2.45, 2.75) is 6.92 Å². The number of hydrogen-bond donors (Lipinski definition) is 0. The lowest BCUT2D eigenvalue weighted by Crippen LogP contribution is -2.50. The van der Waals surface area contributed by atoms with Gasteiger partial charge in [0.15, 0.2) is 12.4 Å². The van der Waals surface area contributed by atoms with E-state index in [1.54, 1.807) is 0 Å². The van der Waals surface area contributed by atoms with Crippen molar-refractivity contribution >= 4 is 11.7 Å². The molecular weight excluding hydrogens is 380 g/mol. The number of piperazine rings is 1. The van der Waals surface area contributed by atoms with Crippen LogP contribution >= 0.6 is 0 Å². The average molecular weight is 404 g/mol. The zero-order valence-electron chi connectivity index (χ0n) is 16.9. The van der Waals surface area contributed by atoms with Gasteiger partial charge in [0.1, 0.15) is 11.5 Å². The number of nitrogens with zero attached hydrogens (tertiary/aromatic N) is 4. The zero-order valence-corrected chi connectivity index (χ0v) is 16.9. The molecule has 1 aromatic heterocycles. The summed E-state index contributed by atoms with van der Waals surface area (Å²) in [4.78, 5) is 16.4. The van der Waals surface area contributed by atoms with Crippen molar-refractivity contribution in [1.29, 1.82) is 0 Å². The van der Waals surface area contributed by atoms with Gasteiger partial charge in [-0.25, -0.2) is 0 Å². The quantitative estimate of drug-likeness (QED) is 0.628. The second-order valence-corrected chi connectivity index (χ2v) is 7.07. The van der Waals surface area contributed by atoms with Gasteiger partial charge in [-0.05, 0) is 36.8 Å². The van der Waals surface area contributed by atoms with Gasteiger partial charge in [0, 0.05) is 32.2 Å². The summed E-state index contributed by atoms with van der Waals surface area (Å²) in [6.45, 7) is 4.67.